The van der Waals surface area contributed by atoms with Crippen molar-refractivity contribution < 1.29 is 14.3 Å². The van der Waals surface area contributed by atoms with E-state index in [1.807, 2.05) is 0 Å². The number of ether oxygens (including phenoxy) is 2. The van der Waals surface area contributed by atoms with Crippen LogP contribution < -0.4 is 10.6 Å². The topological polar surface area (TPSA) is 59.6 Å². The Balaban J connectivity index is 2.17. The summed E-state index contributed by atoms with van der Waals surface area (Å²) in [6.07, 6.45) is 4.17. The number of rotatable bonds is 8. The molecule has 1 aliphatic heterocycles. The number of carbonyl (C=O) groups excluding carboxylic acids is 1. The highest BCUT2D eigenvalue weighted by Gasteiger charge is 2.16. The summed E-state index contributed by atoms with van der Waals surface area (Å²) in [5.41, 5.74) is 0. The number of piperidine rings is 1. The van der Waals surface area contributed by atoms with Gasteiger partial charge in [-0.15, -0.1) is 0 Å². The fraction of sp³-hybridized carbons (Fsp3) is 0.923. The van der Waals surface area contributed by atoms with Gasteiger partial charge in [0.2, 0.25) is 5.91 Å². The van der Waals surface area contributed by atoms with Crippen LogP contribution in [0.15, 0.2) is 0 Å². The molecule has 5 nitrogen and oxygen atoms in total. The molecule has 0 bridgehead atoms. The fourth-order valence-corrected chi connectivity index (χ4v) is 2.17. The third-order valence-corrected chi connectivity index (χ3v) is 3.11. The molecule has 0 spiro atoms. The molecule has 18 heavy (non-hydrogen) atoms. The summed E-state index contributed by atoms with van der Waals surface area (Å²) in [6.45, 7) is 4.78. The van der Waals surface area contributed by atoms with Gasteiger partial charge in [0.05, 0.1) is 18.8 Å². The van der Waals surface area contributed by atoms with E-state index in [9.17, 15) is 4.79 Å². The minimum Gasteiger partial charge on any atom is -0.383 e. The van der Waals surface area contributed by atoms with E-state index in [1.54, 1.807) is 7.11 Å². The molecular weight excluding hydrogens is 232 g/mol. The van der Waals surface area contributed by atoms with Crippen molar-refractivity contribution in [1.29, 1.82) is 0 Å². The average Bonchev–Trinajstić information content (AvgIpc) is 2.38. The van der Waals surface area contributed by atoms with Crippen LogP contribution in [0.5, 0.6) is 0 Å². The number of hydrogen-bond donors (Lipinski definition) is 2. The molecular formula is C13H26N2O3. The van der Waals surface area contributed by atoms with Gasteiger partial charge in [-0.25, -0.2) is 0 Å². The first kappa shape index (κ1) is 15.4. The van der Waals surface area contributed by atoms with Gasteiger partial charge in [-0.1, -0.05) is 13.3 Å². The van der Waals surface area contributed by atoms with Crippen molar-refractivity contribution in [3.63, 3.8) is 0 Å². The fourth-order valence-electron chi connectivity index (χ4n) is 2.17. The standard InChI is InChI=1S/C13H26N2O3/c1-3-4-11(9-17-2)15-13(16)10-18-12-5-7-14-8-6-12/h11-12,14H,3-10H2,1-2H3,(H,15,16). The first-order chi connectivity index (χ1) is 8.76. The monoisotopic (exact) mass is 258 g/mol. The molecule has 0 aromatic carbocycles. The summed E-state index contributed by atoms with van der Waals surface area (Å²) in [5.74, 6) is -0.0379. The summed E-state index contributed by atoms with van der Waals surface area (Å²) in [4.78, 5) is 11.7. The molecule has 0 aromatic heterocycles. The molecule has 5 heteroatoms. The van der Waals surface area contributed by atoms with Crippen LogP contribution in [0.2, 0.25) is 0 Å². The van der Waals surface area contributed by atoms with Gasteiger partial charge in [-0.05, 0) is 32.4 Å². The SMILES string of the molecule is CCCC(COC)NC(=O)COC1CCNCC1. The molecule has 0 radical (unpaired) electrons. The van der Waals surface area contributed by atoms with Crippen molar-refractivity contribution in [1.82, 2.24) is 10.6 Å². The van der Waals surface area contributed by atoms with Crippen molar-refractivity contribution in [2.24, 2.45) is 0 Å². The van der Waals surface area contributed by atoms with Crippen LogP contribution in [0.1, 0.15) is 32.6 Å². The Kier molecular flexibility index (Phi) is 7.96. The molecule has 0 aromatic rings. The molecule has 1 rings (SSSR count). The second kappa shape index (κ2) is 9.30. The normalized spacial score (nSPS) is 18.6. The summed E-state index contributed by atoms with van der Waals surface area (Å²) in [6, 6.07) is 0.101. The van der Waals surface area contributed by atoms with Crippen molar-refractivity contribution in [2.75, 3.05) is 33.4 Å². The molecule has 0 saturated carbocycles. The minimum atomic E-state index is -0.0379. The van der Waals surface area contributed by atoms with Crippen LogP contribution in [0.3, 0.4) is 0 Å². The second-order valence-corrected chi connectivity index (χ2v) is 4.77. The Hall–Kier alpha value is -0.650. The van der Waals surface area contributed by atoms with Gasteiger partial charge >= 0.3 is 0 Å². The van der Waals surface area contributed by atoms with E-state index in [4.69, 9.17) is 9.47 Å². The van der Waals surface area contributed by atoms with Crippen LogP contribution in [0, 0.1) is 0 Å². The zero-order valence-corrected chi connectivity index (χ0v) is 11.5. The maximum Gasteiger partial charge on any atom is 0.246 e. The highest BCUT2D eigenvalue weighted by molar-refractivity contribution is 5.77. The Morgan fingerprint density at radius 1 is 1.44 bits per heavy atom. The van der Waals surface area contributed by atoms with Gasteiger partial charge < -0.3 is 20.1 Å². The first-order valence-electron chi connectivity index (χ1n) is 6.86. The summed E-state index contributed by atoms with van der Waals surface area (Å²) >= 11 is 0. The van der Waals surface area contributed by atoms with Gasteiger partial charge in [-0.3, -0.25) is 4.79 Å². The number of carbonyl (C=O) groups is 1. The maximum atomic E-state index is 11.7. The third-order valence-electron chi connectivity index (χ3n) is 3.11. The van der Waals surface area contributed by atoms with E-state index < -0.39 is 0 Å². The van der Waals surface area contributed by atoms with Crippen LogP contribution in [0.25, 0.3) is 0 Å². The predicted octanol–water partition coefficient (Wildman–Crippen LogP) is 0.686. The van der Waals surface area contributed by atoms with E-state index >= 15 is 0 Å². The molecule has 0 aliphatic carbocycles. The molecule has 1 heterocycles. The Bertz CT molecular complexity index is 224. The van der Waals surface area contributed by atoms with E-state index in [-0.39, 0.29) is 24.7 Å². The predicted molar refractivity (Wildman–Crippen MR) is 70.6 cm³/mol. The molecule has 106 valence electrons. The van der Waals surface area contributed by atoms with Crippen LogP contribution in [-0.4, -0.2) is 51.5 Å². The Labute approximate surface area is 110 Å². The number of amides is 1. The summed E-state index contributed by atoms with van der Waals surface area (Å²) in [5, 5.41) is 6.22. The second-order valence-electron chi connectivity index (χ2n) is 4.77. The zero-order chi connectivity index (χ0) is 13.2. The highest BCUT2D eigenvalue weighted by Crippen LogP contribution is 2.06. The number of methoxy groups -OCH3 is 1. The molecule has 1 amide bonds. The lowest BCUT2D eigenvalue weighted by atomic mass is 10.1. The third kappa shape index (κ3) is 6.33. The van der Waals surface area contributed by atoms with Crippen molar-refractivity contribution in [3.8, 4) is 0 Å². The number of nitrogens with one attached hydrogen (secondary N) is 2. The van der Waals surface area contributed by atoms with Crippen LogP contribution in [0.4, 0.5) is 0 Å². The highest BCUT2D eigenvalue weighted by atomic mass is 16.5. The average molecular weight is 258 g/mol. The molecule has 1 aliphatic rings. The Morgan fingerprint density at radius 3 is 2.78 bits per heavy atom. The maximum absolute atomic E-state index is 11.7. The van der Waals surface area contributed by atoms with Gasteiger partial charge in [-0.2, -0.15) is 0 Å². The van der Waals surface area contributed by atoms with E-state index in [1.165, 1.54) is 0 Å². The lowest BCUT2D eigenvalue weighted by Gasteiger charge is -2.23. The van der Waals surface area contributed by atoms with Gasteiger partial charge in [0, 0.05) is 7.11 Å². The van der Waals surface area contributed by atoms with E-state index in [0.717, 1.165) is 38.8 Å². The summed E-state index contributed by atoms with van der Waals surface area (Å²) in [7, 11) is 1.65. The molecule has 1 atom stereocenters. The van der Waals surface area contributed by atoms with Crippen LogP contribution >= 0.6 is 0 Å². The lowest BCUT2D eigenvalue weighted by Crippen LogP contribution is -2.41. The molecule has 1 fully saturated rings. The minimum absolute atomic E-state index is 0.0379. The quantitative estimate of drug-likeness (QED) is 0.672. The van der Waals surface area contributed by atoms with Crippen molar-refractivity contribution in [3.05, 3.63) is 0 Å². The summed E-state index contributed by atoms with van der Waals surface area (Å²) < 4.78 is 10.7. The van der Waals surface area contributed by atoms with Crippen molar-refractivity contribution >= 4 is 5.91 Å². The van der Waals surface area contributed by atoms with Crippen LogP contribution in [-0.2, 0) is 14.3 Å². The molecule has 2 N–H and O–H groups in total. The van der Waals surface area contributed by atoms with Gasteiger partial charge in [0.15, 0.2) is 0 Å². The Morgan fingerprint density at radius 2 is 2.17 bits per heavy atom. The number of hydrogen-bond acceptors (Lipinski definition) is 4. The lowest BCUT2D eigenvalue weighted by molar-refractivity contribution is -0.129. The van der Waals surface area contributed by atoms with Gasteiger partial charge in [0.1, 0.15) is 6.61 Å². The zero-order valence-electron chi connectivity index (χ0n) is 11.5. The first-order valence-corrected chi connectivity index (χ1v) is 6.86. The van der Waals surface area contributed by atoms with Gasteiger partial charge in [0.25, 0.3) is 0 Å². The largest absolute Gasteiger partial charge is 0.383 e. The smallest absolute Gasteiger partial charge is 0.246 e. The van der Waals surface area contributed by atoms with E-state index in [2.05, 4.69) is 17.6 Å². The molecule has 1 saturated heterocycles. The molecule has 1 unspecified atom stereocenters. The van der Waals surface area contributed by atoms with Crippen molar-refractivity contribution in [2.45, 2.75) is 44.8 Å². The van der Waals surface area contributed by atoms with E-state index in [0.29, 0.717) is 6.61 Å².